The molecular formula is C21H22ClN3O3S. The Kier molecular flexibility index (Phi) is 6.27. The summed E-state index contributed by atoms with van der Waals surface area (Å²) in [6.45, 7) is 4.42. The first-order valence-corrected chi connectivity index (χ1v) is 11.1. The lowest BCUT2D eigenvalue weighted by molar-refractivity contribution is -0.120. The number of nitrogens with one attached hydrogen (secondary N) is 1. The summed E-state index contributed by atoms with van der Waals surface area (Å²) in [5.74, 6) is -0.454. The van der Waals surface area contributed by atoms with Gasteiger partial charge in [0.15, 0.2) is 0 Å². The highest BCUT2D eigenvalue weighted by atomic mass is 35.5. The van der Waals surface area contributed by atoms with E-state index in [2.05, 4.69) is 5.32 Å². The molecule has 0 radical (unpaired) electrons. The number of halogens is 1. The topological polar surface area (TPSA) is 90.3 Å². The number of sulfonamides is 1. The van der Waals surface area contributed by atoms with Gasteiger partial charge in [0.2, 0.25) is 15.9 Å². The van der Waals surface area contributed by atoms with E-state index in [1.807, 2.05) is 26.0 Å². The molecule has 152 valence electrons. The maximum absolute atomic E-state index is 12.9. The molecule has 29 heavy (non-hydrogen) atoms. The standard InChI is InChI=1S/C21H22ClN3O3S/c1-14-3-6-19(11-15(14)2)29(27,28)25-9-7-16(8-10-25)21(26)24-18-5-4-17(13-23)20(22)12-18/h3-6,11-12,16H,7-10H2,1-2H3,(H,24,26). The Balaban J connectivity index is 1.63. The molecule has 0 bridgehead atoms. The van der Waals surface area contributed by atoms with Crippen LogP contribution in [0.25, 0.3) is 0 Å². The van der Waals surface area contributed by atoms with E-state index in [0.717, 1.165) is 11.1 Å². The molecule has 3 rings (SSSR count). The highest BCUT2D eigenvalue weighted by molar-refractivity contribution is 7.89. The van der Waals surface area contributed by atoms with E-state index in [-0.39, 0.29) is 21.7 Å². The van der Waals surface area contributed by atoms with E-state index in [1.165, 1.54) is 10.4 Å². The zero-order valence-corrected chi connectivity index (χ0v) is 17.8. The van der Waals surface area contributed by atoms with Gasteiger partial charge in [0, 0.05) is 24.7 Å². The first-order chi connectivity index (χ1) is 13.7. The number of aryl methyl sites for hydroxylation is 2. The van der Waals surface area contributed by atoms with Crippen LogP contribution < -0.4 is 5.32 Å². The average molecular weight is 432 g/mol. The number of nitrogens with zero attached hydrogens (tertiary/aromatic N) is 2. The molecule has 0 unspecified atom stereocenters. The summed E-state index contributed by atoms with van der Waals surface area (Å²) in [6.07, 6.45) is 0.889. The van der Waals surface area contributed by atoms with Gasteiger partial charge in [0.1, 0.15) is 6.07 Å². The summed E-state index contributed by atoms with van der Waals surface area (Å²) in [6, 6.07) is 11.8. The number of hydrogen-bond acceptors (Lipinski definition) is 4. The fourth-order valence-electron chi connectivity index (χ4n) is 3.31. The number of piperidine rings is 1. The van der Waals surface area contributed by atoms with Gasteiger partial charge in [0.25, 0.3) is 0 Å². The number of nitriles is 1. The Morgan fingerprint density at radius 1 is 1.14 bits per heavy atom. The summed E-state index contributed by atoms with van der Waals surface area (Å²) in [7, 11) is -3.57. The van der Waals surface area contributed by atoms with Crippen LogP contribution in [0.15, 0.2) is 41.3 Å². The second kappa shape index (κ2) is 8.54. The minimum absolute atomic E-state index is 0.172. The van der Waals surface area contributed by atoms with Crippen LogP contribution >= 0.6 is 11.6 Å². The van der Waals surface area contributed by atoms with Crippen molar-refractivity contribution in [3.05, 3.63) is 58.1 Å². The largest absolute Gasteiger partial charge is 0.326 e. The highest BCUT2D eigenvalue weighted by Gasteiger charge is 2.32. The Morgan fingerprint density at radius 2 is 1.83 bits per heavy atom. The van der Waals surface area contributed by atoms with Gasteiger partial charge in [-0.05, 0) is 68.1 Å². The van der Waals surface area contributed by atoms with Crippen LogP contribution in [-0.4, -0.2) is 31.7 Å². The summed E-state index contributed by atoms with van der Waals surface area (Å²) in [5, 5.41) is 12.0. The highest BCUT2D eigenvalue weighted by Crippen LogP contribution is 2.27. The minimum atomic E-state index is -3.57. The first kappa shape index (κ1) is 21.3. The molecule has 2 aromatic rings. The molecule has 2 aromatic carbocycles. The van der Waals surface area contributed by atoms with E-state index >= 15 is 0 Å². The van der Waals surface area contributed by atoms with Crippen LogP contribution in [-0.2, 0) is 14.8 Å². The third-order valence-electron chi connectivity index (χ3n) is 5.30. The number of amides is 1. The zero-order valence-electron chi connectivity index (χ0n) is 16.3. The van der Waals surface area contributed by atoms with Crippen molar-refractivity contribution in [3.63, 3.8) is 0 Å². The lowest BCUT2D eigenvalue weighted by Gasteiger charge is -2.30. The molecule has 0 spiro atoms. The molecule has 0 aromatic heterocycles. The SMILES string of the molecule is Cc1ccc(S(=O)(=O)N2CCC(C(=O)Nc3ccc(C#N)c(Cl)c3)CC2)cc1C. The van der Waals surface area contributed by atoms with Crippen molar-refractivity contribution in [1.82, 2.24) is 4.31 Å². The molecule has 1 aliphatic rings. The molecule has 6 nitrogen and oxygen atoms in total. The molecular weight excluding hydrogens is 410 g/mol. The van der Waals surface area contributed by atoms with Gasteiger partial charge < -0.3 is 5.32 Å². The monoisotopic (exact) mass is 431 g/mol. The molecule has 1 saturated heterocycles. The van der Waals surface area contributed by atoms with Crippen LogP contribution in [0.5, 0.6) is 0 Å². The molecule has 1 heterocycles. The van der Waals surface area contributed by atoms with Gasteiger partial charge in [-0.3, -0.25) is 4.79 Å². The second-order valence-corrected chi connectivity index (χ2v) is 9.57. The van der Waals surface area contributed by atoms with Crippen LogP contribution in [0.3, 0.4) is 0 Å². The maximum Gasteiger partial charge on any atom is 0.243 e. The molecule has 8 heteroatoms. The third kappa shape index (κ3) is 4.61. The van der Waals surface area contributed by atoms with Crippen molar-refractivity contribution in [2.45, 2.75) is 31.6 Å². The van der Waals surface area contributed by atoms with E-state index in [1.54, 1.807) is 24.3 Å². The van der Waals surface area contributed by atoms with Gasteiger partial charge in [-0.25, -0.2) is 8.42 Å². The summed E-state index contributed by atoms with van der Waals surface area (Å²) in [4.78, 5) is 12.8. The zero-order chi connectivity index (χ0) is 21.2. The van der Waals surface area contributed by atoms with Crippen molar-refractivity contribution in [2.24, 2.45) is 5.92 Å². The molecule has 1 amide bonds. The normalized spacial score (nSPS) is 15.7. The van der Waals surface area contributed by atoms with Gasteiger partial charge in [-0.2, -0.15) is 9.57 Å². The minimum Gasteiger partial charge on any atom is -0.326 e. The van der Waals surface area contributed by atoms with Gasteiger partial charge in [-0.1, -0.05) is 17.7 Å². The predicted octanol–water partition coefficient (Wildman–Crippen LogP) is 3.87. The average Bonchev–Trinajstić information content (AvgIpc) is 2.70. The predicted molar refractivity (Wildman–Crippen MR) is 112 cm³/mol. The van der Waals surface area contributed by atoms with Gasteiger partial charge in [0.05, 0.1) is 15.5 Å². The molecule has 0 aliphatic carbocycles. The Labute approximate surface area is 176 Å². The fourth-order valence-corrected chi connectivity index (χ4v) is 5.09. The van der Waals surface area contributed by atoms with Crippen LogP contribution in [0.2, 0.25) is 5.02 Å². The van der Waals surface area contributed by atoms with Crippen molar-refractivity contribution in [3.8, 4) is 6.07 Å². The van der Waals surface area contributed by atoms with Crippen LogP contribution in [0, 0.1) is 31.1 Å². The summed E-state index contributed by atoms with van der Waals surface area (Å²) >= 11 is 6.00. The molecule has 1 aliphatic heterocycles. The molecule has 1 fully saturated rings. The van der Waals surface area contributed by atoms with Gasteiger partial charge in [-0.15, -0.1) is 0 Å². The third-order valence-corrected chi connectivity index (χ3v) is 7.51. The van der Waals surface area contributed by atoms with E-state index in [9.17, 15) is 13.2 Å². The first-order valence-electron chi connectivity index (χ1n) is 9.30. The quantitative estimate of drug-likeness (QED) is 0.795. The number of benzene rings is 2. The number of rotatable bonds is 4. The van der Waals surface area contributed by atoms with Crippen molar-refractivity contribution in [2.75, 3.05) is 18.4 Å². The number of carbonyl (C=O) groups is 1. The summed E-state index contributed by atoms with van der Waals surface area (Å²) in [5.41, 5.74) is 2.84. The van der Waals surface area contributed by atoms with Crippen LogP contribution in [0.4, 0.5) is 5.69 Å². The Hall–Kier alpha value is -2.40. The van der Waals surface area contributed by atoms with Crippen LogP contribution in [0.1, 0.15) is 29.5 Å². The maximum atomic E-state index is 12.9. The van der Waals surface area contributed by atoms with E-state index in [4.69, 9.17) is 16.9 Å². The van der Waals surface area contributed by atoms with Gasteiger partial charge >= 0.3 is 0 Å². The fraction of sp³-hybridized carbons (Fsp3) is 0.333. The molecule has 0 atom stereocenters. The Bertz CT molecular complexity index is 1080. The smallest absolute Gasteiger partial charge is 0.243 e. The Morgan fingerprint density at radius 3 is 2.41 bits per heavy atom. The van der Waals surface area contributed by atoms with E-state index in [0.29, 0.717) is 37.2 Å². The lowest BCUT2D eigenvalue weighted by atomic mass is 9.97. The lowest BCUT2D eigenvalue weighted by Crippen LogP contribution is -2.41. The molecule has 0 saturated carbocycles. The number of hydrogen-bond donors (Lipinski definition) is 1. The van der Waals surface area contributed by atoms with Crippen molar-refractivity contribution in [1.29, 1.82) is 5.26 Å². The van der Waals surface area contributed by atoms with Crippen molar-refractivity contribution < 1.29 is 13.2 Å². The molecule has 1 N–H and O–H groups in total. The number of carbonyl (C=O) groups excluding carboxylic acids is 1. The number of anilines is 1. The van der Waals surface area contributed by atoms with Crippen molar-refractivity contribution >= 4 is 33.2 Å². The summed E-state index contributed by atoms with van der Waals surface area (Å²) < 4.78 is 27.2. The van der Waals surface area contributed by atoms with E-state index < -0.39 is 10.0 Å². The second-order valence-electron chi connectivity index (χ2n) is 7.22.